The molecule has 200 valence electrons. The number of benzene rings is 1. The zero-order valence-corrected chi connectivity index (χ0v) is 18.0. The van der Waals surface area contributed by atoms with E-state index >= 15 is 0 Å². The number of amides is 1. The third kappa shape index (κ3) is 6.77. The number of aliphatic imine (C=N–C) groups is 1. The lowest BCUT2D eigenvalue weighted by atomic mass is 9.98. The van der Waals surface area contributed by atoms with Crippen molar-refractivity contribution in [2.45, 2.75) is 35.6 Å². The molecule has 36 heavy (non-hydrogen) atoms. The number of rotatable bonds is 8. The van der Waals surface area contributed by atoms with Gasteiger partial charge in [-0.3, -0.25) is 4.79 Å². The highest BCUT2D eigenvalue weighted by Gasteiger charge is 2.71. The number of halogens is 10. The van der Waals surface area contributed by atoms with Gasteiger partial charge in [-0.1, -0.05) is 11.8 Å². The summed E-state index contributed by atoms with van der Waals surface area (Å²) in [7, 11) is 0. The van der Waals surface area contributed by atoms with Crippen LogP contribution in [0.2, 0.25) is 0 Å². The number of aliphatic hydroxyl groups is 1. The van der Waals surface area contributed by atoms with Crippen molar-refractivity contribution >= 4 is 29.2 Å². The summed E-state index contributed by atoms with van der Waals surface area (Å²) in [5.41, 5.74) is -1.91. The number of nitrogens with one attached hydrogen (secondary N) is 1. The number of carbonyl (C=O) groups excluding carboxylic acids is 1. The first-order valence-corrected chi connectivity index (χ1v) is 10.1. The lowest BCUT2D eigenvalue weighted by Crippen LogP contribution is -2.59. The smallest absolute Gasteiger partial charge is 0.382 e. The maximum Gasteiger partial charge on any atom is 0.426 e. The molecule has 0 unspecified atom stereocenters. The van der Waals surface area contributed by atoms with Gasteiger partial charge in [-0.2, -0.15) is 39.5 Å². The van der Waals surface area contributed by atoms with Gasteiger partial charge in [0, 0.05) is 12.3 Å². The van der Waals surface area contributed by atoms with Crippen molar-refractivity contribution in [3.8, 4) is 0 Å². The maximum atomic E-state index is 13.4. The Morgan fingerprint density at radius 3 is 2.25 bits per heavy atom. The third-order valence-corrected chi connectivity index (χ3v) is 5.17. The molecule has 0 atom stereocenters. The monoisotopic (exact) mass is 557 g/mol. The predicted molar refractivity (Wildman–Crippen MR) is 101 cm³/mol. The molecule has 0 aliphatic carbocycles. The van der Waals surface area contributed by atoms with Gasteiger partial charge in [0.25, 0.3) is 5.60 Å². The van der Waals surface area contributed by atoms with E-state index in [1.54, 1.807) is 5.32 Å². The molecule has 0 bridgehead atoms. The fourth-order valence-electron chi connectivity index (χ4n) is 2.42. The fourth-order valence-corrected chi connectivity index (χ4v) is 3.18. The number of nitrogens with zero attached hydrogens (tertiary/aromatic N) is 3. The highest BCUT2D eigenvalue weighted by atomic mass is 32.2. The quantitative estimate of drug-likeness (QED) is 0.149. The standard InChI is InChI=1S/C17H13F10N5O3S/c18-9-2-1-7(5-8(9)15(19,20)21)30-12(28)11-13(32-35-31-11)36-4-3-29-10(33)6-14(34,16(22,23)24)17(25,26)27/h1-2,5,34H,3-4,6H2,(H2,28,30)(H,29,33). The average Bonchev–Trinajstić information content (AvgIpc) is 3.18. The summed E-state index contributed by atoms with van der Waals surface area (Å²) in [6, 6.07) is 1.77. The second-order valence-electron chi connectivity index (χ2n) is 6.81. The predicted octanol–water partition coefficient (Wildman–Crippen LogP) is 3.72. The van der Waals surface area contributed by atoms with E-state index in [1.165, 1.54) is 0 Å². The van der Waals surface area contributed by atoms with E-state index in [1.807, 2.05) is 0 Å². The van der Waals surface area contributed by atoms with Crippen molar-refractivity contribution in [1.82, 2.24) is 15.6 Å². The van der Waals surface area contributed by atoms with Crippen LogP contribution in [-0.2, 0) is 11.0 Å². The second-order valence-corrected chi connectivity index (χ2v) is 7.89. The molecule has 2 aromatic rings. The van der Waals surface area contributed by atoms with E-state index in [-0.39, 0.29) is 16.5 Å². The Bertz CT molecular complexity index is 1100. The highest BCUT2D eigenvalue weighted by molar-refractivity contribution is 7.99. The number of aromatic nitrogens is 2. The molecule has 4 N–H and O–H groups in total. The Labute approximate surface area is 197 Å². The first-order chi connectivity index (χ1) is 16.4. The molecule has 0 radical (unpaired) electrons. The SMILES string of the molecule is NC(=Nc1ccc(F)c(C(F)(F)F)c1)c1nonc1SCCNC(=O)CC(O)(C(F)(F)F)C(F)(F)F. The molecule has 0 fully saturated rings. The Hall–Kier alpha value is -3.09. The first kappa shape index (κ1) is 29.1. The van der Waals surface area contributed by atoms with Crippen LogP contribution in [0.25, 0.3) is 0 Å². The number of thioether (sulfide) groups is 1. The Kier molecular flexibility index (Phi) is 8.49. The molecule has 1 aromatic carbocycles. The Balaban J connectivity index is 2.03. The first-order valence-electron chi connectivity index (χ1n) is 9.16. The van der Waals surface area contributed by atoms with Gasteiger partial charge in [0.05, 0.1) is 17.7 Å². The summed E-state index contributed by atoms with van der Waals surface area (Å²) in [6.07, 6.45) is -19.7. The van der Waals surface area contributed by atoms with Crippen molar-refractivity contribution in [2.24, 2.45) is 10.7 Å². The van der Waals surface area contributed by atoms with Crippen molar-refractivity contribution in [3.05, 3.63) is 35.3 Å². The molecule has 1 amide bonds. The molecular weight excluding hydrogens is 544 g/mol. The molecule has 0 saturated heterocycles. The van der Waals surface area contributed by atoms with Gasteiger partial charge in [-0.15, -0.1) is 0 Å². The molecule has 0 aliphatic rings. The summed E-state index contributed by atoms with van der Waals surface area (Å²) >= 11 is 0.684. The van der Waals surface area contributed by atoms with Gasteiger partial charge in [-0.05, 0) is 28.5 Å². The van der Waals surface area contributed by atoms with E-state index in [2.05, 4.69) is 19.9 Å². The topological polar surface area (TPSA) is 127 Å². The van der Waals surface area contributed by atoms with Gasteiger partial charge in [-0.25, -0.2) is 14.0 Å². The zero-order chi connectivity index (χ0) is 27.5. The van der Waals surface area contributed by atoms with Gasteiger partial charge in [0.1, 0.15) is 5.82 Å². The Morgan fingerprint density at radius 2 is 1.69 bits per heavy atom. The molecule has 1 aromatic heterocycles. The minimum absolute atomic E-state index is 0.147. The Morgan fingerprint density at radius 1 is 1.08 bits per heavy atom. The molecule has 19 heteroatoms. The largest absolute Gasteiger partial charge is 0.426 e. The van der Waals surface area contributed by atoms with E-state index in [9.17, 15) is 48.7 Å². The molecule has 2 rings (SSSR count). The van der Waals surface area contributed by atoms with Gasteiger partial charge in [0.15, 0.2) is 16.6 Å². The minimum Gasteiger partial charge on any atom is -0.382 e. The second kappa shape index (κ2) is 10.5. The van der Waals surface area contributed by atoms with Crippen LogP contribution < -0.4 is 11.1 Å². The van der Waals surface area contributed by atoms with E-state index in [0.29, 0.717) is 23.9 Å². The van der Waals surface area contributed by atoms with Crippen molar-refractivity contribution in [2.75, 3.05) is 12.3 Å². The molecule has 1 heterocycles. The van der Waals surface area contributed by atoms with Crippen LogP contribution in [0.4, 0.5) is 49.6 Å². The van der Waals surface area contributed by atoms with E-state index < -0.39 is 65.9 Å². The van der Waals surface area contributed by atoms with Gasteiger partial charge >= 0.3 is 18.5 Å². The van der Waals surface area contributed by atoms with Crippen LogP contribution in [0.15, 0.2) is 32.8 Å². The van der Waals surface area contributed by atoms with Crippen LogP contribution in [0.5, 0.6) is 0 Å². The minimum atomic E-state index is -6.17. The number of carbonyl (C=O) groups is 1. The molecule has 8 nitrogen and oxygen atoms in total. The lowest BCUT2D eigenvalue weighted by Gasteiger charge is -2.31. The van der Waals surface area contributed by atoms with Crippen LogP contribution in [0.3, 0.4) is 0 Å². The van der Waals surface area contributed by atoms with Crippen LogP contribution in [0, 0.1) is 5.82 Å². The van der Waals surface area contributed by atoms with Crippen molar-refractivity contribution < 1.29 is 58.4 Å². The normalized spacial score (nSPS) is 13.7. The van der Waals surface area contributed by atoms with Crippen molar-refractivity contribution in [1.29, 1.82) is 0 Å². The van der Waals surface area contributed by atoms with Gasteiger partial charge in [0.2, 0.25) is 5.91 Å². The van der Waals surface area contributed by atoms with Crippen LogP contribution >= 0.6 is 11.8 Å². The number of nitrogens with two attached hydrogens (primary N) is 1. The van der Waals surface area contributed by atoms with Crippen molar-refractivity contribution in [3.63, 3.8) is 0 Å². The summed E-state index contributed by atoms with van der Waals surface area (Å²) in [6.45, 7) is -0.508. The summed E-state index contributed by atoms with van der Waals surface area (Å²) in [4.78, 5) is 15.2. The molecule has 0 aliphatic heterocycles. The zero-order valence-electron chi connectivity index (χ0n) is 17.2. The third-order valence-electron chi connectivity index (χ3n) is 4.22. The average molecular weight is 557 g/mol. The van der Waals surface area contributed by atoms with Crippen LogP contribution in [0.1, 0.15) is 17.7 Å². The molecule has 0 spiro atoms. The number of amidine groups is 1. The number of alkyl halides is 9. The molecular formula is C17H13F10N5O3S. The lowest BCUT2D eigenvalue weighted by molar-refractivity contribution is -0.367. The van der Waals surface area contributed by atoms with E-state index in [0.717, 1.165) is 6.07 Å². The van der Waals surface area contributed by atoms with E-state index in [4.69, 9.17) is 10.8 Å². The van der Waals surface area contributed by atoms with Gasteiger partial charge < -0.3 is 16.2 Å². The fraction of sp³-hybridized carbons (Fsp3) is 0.412. The number of hydrogen-bond donors (Lipinski definition) is 3. The van der Waals surface area contributed by atoms with Crippen LogP contribution in [-0.4, -0.2) is 57.4 Å². The summed E-state index contributed by atoms with van der Waals surface area (Å²) in [5.74, 6) is -4.07. The maximum absolute atomic E-state index is 13.4. The highest BCUT2D eigenvalue weighted by Crippen LogP contribution is 2.45. The summed E-state index contributed by atoms with van der Waals surface area (Å²) in [5, 5.41) is 17.4. The molecule has 0 saturated carbocycles. The summed E-state index contributed by atoms with van der Waals surface area (Å²) < 4.78 is 132. The number of hydrogen-bond acceptors (Lipinski definition) is 7.